The van der Waals surface area contributed by atoms with E-state index in [2.05, 4.69) is 15.9 Å². The summed E-state index contributed by atoms with van der Waals surface area (Å²) in [4.78, 5) is 0. The Bertz CT molecular complexity index is 658. The molecule has 5 heteroatoms. The molecule has 1 aromatic heterocycles. The van der Waals surface area contributed by atoms with Crippen LogP contribution in [-0.4, -0.2) is 18.7 Å². The van der Waals surface area contributed by atoms with E-state index in [9.17, 15) is 8.42 Å². The number of aromatic nitrogens is 1. The van der Waals surface area contributed by atoms with Crippen molar-refractivity contribution in [3.8, 4) is 0 Å². The van der Waals surface area contributed by atoms with Gasteiger partial charge in [0.15, 0.2) is 9.84 Å². The fraction of sp³-hybridized carbons (Fsp3) is 0.333. The molecule has 0 N–H and O–H groups in total. The smallest absolute Gasteiger partial charge is 0.155 e. The number of nitrogens with zero attached hydrogens (tertiary/aromatic N) is 1. The maximum atomic E-state index is 11.7. The molecule has 17 heavy (non-hydrogen) atoms. The molecule has 0 saturated heterocycles. The zero-order valence-corrected chi connectivity index (χ0v) is 12.2. The Hall–Kier alpha value is -0.810. The Kier molecular flexibility index (Phi) is 3.32. The average molecular weight is 316 g/mol. The number of hydrogen-bond acceptors (Lipinski definition) is 2. The number of benzene rings is 1. The SMILES string of the molecule is CCS(=O)(=O)Cc1cc2c(Br)cccc2n1C. The molecular weight excluding hydrogens is 302 g/mol. The summed E-state index contributed by atoms with van der Waals surface area (Å²) in [6, 6.07) is 7.83. The van der Waals surface area contributed by atoms with Crippen LogP contribution in [0.3, 0.4) is 0 Å². The zero-order valence-electron chi connectivity index (χ0n) is 9.77. The van der Waals surface area contributed by atoms with Crippen molar-refractivity contribution in [2.24, 2.45) is 7.05 Å². The average Bonchev–Trinajstić information content (AvgIpc) is 2.58. The van der Waals surface area contributed by atoms with E-state index < -0.39 is 9.84 Å². The van der Waals surface area contributed by atoms with E-state index in [1.54, 1.807) is 6.92 Å². The van der Waals surface area contributed by atoms with Crippen LogP contribution < -0.4 is 0 Å². The molecule has 0 amide bonds. The summed E-state index contributed by atoms with van der Waals surface area (Å²) in [5, 5.41) is 1.05. The van der Waals surface area contributed by atoms with E-state index >= 15 is 0 Å². The van der Waals surface area contributed by atoms with Gasteiger partial charge in [0.1, 0.15) is 0 Å². The Balaban J connectivity index is 2.57. The summed E-state index contributed by atoms with van der Waals surface area (Å²) in [6.07, 6.45) is 0. The first-order valence-corrected chi connectivity index (χ1v) is 7.99. The number of rotatable bonds is 3. The maximum absolute atomic E-state index is 11.7. The molecule has 2 rings (SSSR count). The topological polar surface area (TPSA) is 39.1 Å². The monoisotopic (exact) mass is 315 g/mol. The minimum absolute atomic E-state index is 0.0983. The van der Waals surface area contributed by atoms with Crippen LogP contribution in [0, 0.1) is 0 Å². The Morgan fingerprint density at radius 3 is 2.65 bits per heavy atom. The van der Waals surface area contributed by atoms with Crippen LogP contribution in [0.25, 0.3) is 10.9 Å². The Morgan fingerprint density at radius 2 is 2.06 bits per heavy atom. The third-order valence-electron chi connectivity index (χ3n) is 2.94. The molecule has 0 atom stereocenters. The zero-order chi connectivity index (χ0) is 12.6. The van der Waals surface area contributed by atoms with Crippen molar-refractivity contribution in [3.63, 3.8) is 0 Å². The van der Waals surface area contributed by atoms with Gasteiger partial charge in [0, 0.05) is 33.9 Å². The highest BCUT2D eigenvalue weighted by atomic mass is 79.9. The van der Waals surface area contributed by atoms with Crippen LogP contribution in [-0.2, 0) is 22.6 Å². The lowest BCUT2D eigenvalue weighted by Gasteiger charge is -2.04. The summed E-state index contributed by atoms with van der Waals surface area (Å²) < 4.78 is 26.2. The number of sulfone groups is 1. The minimum Gasteiger partial charge on any atom is -0.347 e. The number of fused-ring (bicyclic) bond motifs is 1. The van der Waals surface area contributed by atoms with Gasteiger partial charge in [-0.25, -0.2) is 8.42 Å². The highest BCUT2D eigenvalue weighted by Crippen LogP contribution is 2.27. The number of aryl methyl sites for hydroxylation is 1. The van der Waals surface area contributed by atoms with Gasteiger partial charge in [-0.15, -0.1) is 0 Å². The molecule has 92 valence electrons. The second kappa shape index (κ2) is 4.46. The minimum atomic E-state index is -2.99. The lowest BCUT2D eigenvalue weighted by atomic mass is 10.2. The highest BCUT2D eigenvalue weighted by Gasteiger charge is 2.14. The molecule has 0 aliphatic heterocycles. The summed E-state index contributed by atoms with van der Waals surface area (Å²) in [7, 11) is -1.09. The van der Waals surface area contributed by atoms with Gasteiger partial charge in [-0.2, -0.15) is 0 Å². The van der Waals surface area contributed by atoms with Gasteiger partial charge in [0.2, 0.25) is 0 Å². The standard InChI is InChI=1S/C12H14BrNO2S/c1-3-17(15,16)8-9-7-10-11(13)5-4-6-12(10)14(9)2/h4-7H,3,8H2,1-2H3. The Labute approximate surface area is 109 Å². The third-order valence-corrected chi connectivity index (χ3v) is 5.25. The molecule has 0 radical (unpaired) electrons. The molecule has 3 nitrogen and oxygen atoms in total. The van der Waals surface area contributed by atoms with Gasteiger partial charge >= 0.3 is 0 Å². The maximum Gasteiger partial charge on any atom is 0.155 e. The lowest BCUT2D eigenvalue weighted by molar-refractivity contribution is 0.595. The van der Waals surface area contributed by atoms with Crippen molar-refractivity contribution in [3.05, 3.63) is 34.4 Å². The van der Waals surface area contributed by atoms with Gasteiger partial charge in [0.25, 0.3) is 0 Å². The molecule has 0 bridgehead atoms. The van der Waals surface area contributed by atoms with Gasteiger partial charge in [-0.05, 0) is 18.2 Å². The van der Waals surface area contributed by atoms with Gasteiger partial charge in [0.05, 0.1) is 5.75 Å². The van der Waals surface area contributed by atoms with Crippen LogP contribution in [0.15, 0.2) is 28.7 Å². The van der Waals surface area contributed by atoms with Crippen molar-refractivity contribution in [2.45, 2.75) is 12.7 Å². The molecule has 1 heterocycles. The molecular formula is C12H14BrNO2S. The second-order valence-electron chi connectivity index (χ2n) is 4.04. The van der Waals surface area contributed by atoms with Crippen LogP contribution in [0.1, 0.15) is 12.6 Å². The van der Waals surface area contributed by atoms with Crippen molar-refractivity contribution >= 4 is 36.7 Å². The number of hydrogen-bond donors (Lipinski definition) is 0. The summed E-state index contributed by atoms with van der Waals surface area (Å²) >= 11 is 3.48. The second-order valence-corrected chi connectivity index (χ2v) is 7.25. The molecule has 0 fully saturated rings. The van der Waals surface area contributed by atoms with Crippen LogP contribution in [0.4, 0.5) is 0 Å². The quantitative estimate of drug-likeness (QED) is 0.873. The molecule has 0 aliphatic rings. The van der Waals surface area contributed by atoms with Crippen molar-refractivity contribution < 1.29 is 8.42 Å². The van der Waals surface area contributed by atoms with E-state index in [0.717, 1.165) is 21.1 Å². The van der Waals surface area contributed by atoms with Crippen molar-refractivity contribution in [1.82, 2.24) is 4.57 Å². The summed E-state index contributed by atoms with van der Waals surface area (Å²) in [5.74, 6) is 0.275. The van der Waals surface area contributed by atoms with Crippen LogP contribution in [0.2, 0.25) is 0 Å². The number of halogens is 1. The molecule has 0 aliphatic carbocycles. The predicted molar refractivity (Wildman–Crippen MR) is 73.8 cm³/mol. The van der Waals surface area contributed by atoms with Gasteiger partial charge in [-0.3, -0.25) is 0 Å². The molecule has 0 unspecified atom stereocenters. The van der Waals surface area contributed by atoms with E-state index in [4.69, 9.17) is 0 Å². The highest BCUT2D eigenvalue weighted by molar-refractivity contribution is 9.10. The summed E-state index contributed by atoms with van der Waals surface area (Å²) in [5.41, 5.74) is 1.87. The van der Waals surface area contributed by atoms with Crippen molar-refractivity contribution in [1.29, 1.82) is 0 Å². The van der Waals surface area contributed by atoms with Crippen LogP contribution in [0.5, 0.6) is 0 Å². The lowest BCUT2D eigenvalue weighted by Crippen LogP contribution is -2.09. The first-order chi connectivity index (χ1) is 7.94. The van der Waals surface area contributed by atoms with Gasteiger partial charge < -0.3 is 4.57 Å². The van der Waals surface area contributed by atoms with E-state index in [-0.39, 0.29) is 11.5 Å². The Morgan fingerprint density at radius 1 is 1.35 bits per heavy atom. The molecule has 2 aromatic rings. The van der Waals surface area contributed by atoms with Gasteiger partial charge in [-0.1, -0.05) is 28.9 Å². The van der Waals surface area contributed by atoms with Crippen molar-refractivity contribution in [2.75, 3.05) is 5.75 Å². The fourth-order valence-corrected chi connectivity index (χ4v) is 3.25. The largest absolute Gasteiger partial charge is 0.347 e. The van der Waals surface area contributed by atoms with E-state index in [1.807, 2.05) is 35.9 Å². The summed E-state index contributed by atoms with van der Waals surface area (Å²) in [6.45, 7) is 1.67. The predicted octanol–water partition coefficient (Wildman–Crippen LogP) is 2.88. The van der Waals surface area contributed by atoms with E-state index in [0.29, 0.717) is 0 Å². The fourth-order valence-electron chi connectivity index (χ4n) is 1.85. The molecule has 1 aromatic carbocycles. The first kappa shape index (κ1) is 12.6. The molecule has 0 saturated carbocycles. The van der Waals surface area contributed by atoms with E-state index in [1.165, 1.54) is 0 Å². The normalized spacial score (nSPS) is 12.2. The molecule has 0 spiro atoms. The first-order valence-electron chi connectivity index (χ1n) is 5.38. The van der Waals surface area contributed by atoms with Crippen LogP contribution >= 0.6 is 15.9 Å². The third kappa shape index (κ3) is 2.40.